The van der Waals surface area contributed by atoms with Crippen molar-refractivity contribution >= 4 is 24.2 Å². The van der Waals surface area contributed by atoms with Crippen molar-refractivity contribution in [3.8, 4) is 11.4 Å². The van der Waals surface area contributed by atoms with Gasteiger partial charge < -0.3 is 10.1 Å². The number of tetrazole rings is 1. The van der Waals surface area contributed by atoms with Crippen molar-refractivity contribution in [3.05, 3.63) is 60.2 Å². The van der Waals surface area contributed by atoms with Gasteiger partial charge in [-0.15, -0.1) is 17.5 Å². The average Bonchev–Trinajstić information content (AvgIpc) is 3.12. The van der Waals surface area contributed by atoms with Gasteiger partial charge in [0.25, 0.3) is 0 Å². The first-order chi connectivity index (χ1) is 12.4. The molecule has 8 heteroatoms. The summed E-state index contributed by atoms with van der Waals surface area (Å²) in [5, 5.41) is 16.2. The highest BCUT2D eigenvalue weighted by Crippen LogP contribution is 2.17. The van der Waals surface area contributed by atoms with Gasteiger partial charge in [0.2, 0.25) is 5.16 Å². The Morgan fingerprint density at radius 3 is 2.58 bits per heavy atom. The molecule has 0 unspecified atom stereocenters. The van der Waals surface area contributed by atoms with Crippen LogP contribution in [0.5, 0.6) is 5.75 Å². The molecule has 0 fully saturated rings. The number of hydrogen-bond donors (Lipinski definition) is 1. The Bertz CT molecular complexity index is 767. The standard InChI is InChI=1S/C18H21N5OS.ClH/c1-2-24-17-10-8-15(9-11-17)14-19-12-13-25-18-20-21-22-23(18)16-6-4-3-5-7-16;/h3-11,19H,2,12-14H2,1H3;1H. The Labute approximate surface area is 163 Å². The largest absolute Gasteiger partial charge is 0.494 e. The average molecular weight is 392 g/mol. The highest BCUT2D eigenvalue weighted by molar-refractivity contribution is 7.99. The van der Waals surface area contributed by atoms with Gasteiger partial charge in [-0.05, 0) is 47.2 Å². The summed E-state index contributed by atoms with van der Waals surface area (Å²) in [5.74, 6) is 1.80. The Hall–Kier alpha value is -2.09. The Kier molecular flexibility index (Phi) is 8.40. The van der Waals surface area contributed by atoms with Crippen LogP contribution < -0.4 is 10.1 Å². The second-order valence-corrected chi connectivity index (χ2v) is 6.37. The highest BCUT2D eigenvalue weighted by atomic mass is 35.5. The number of nitrogens with zero attached hydrogens (tertiary/aromatic N) is 4. The van der Waals surface area contributed by atoms with E-state index in [9.17, 15) is 0 Å². The number of rotatable bonds is 9. The SMILES string of the molecule is CCOc1ccc(CNCCSc2nnnn2-c2ccccc2)cc1.Cl. The van der Waals surface area contributed by atoms with Crippen LogP contribution in [0.4, 0.5) is 0 Å². The van der Waals surface area contributed by atoms with Gasteiger partial charge in [0.15, 0.2) is 0 Å². The van der Waals surface area contributed by atoms with E-state index in [0.29, 0.717) is 6.61 Å². The molecule has 0 atom stereocenters. The smallest absolute Gasteiger partial charge is 0.214 e. The molecule has 1 aromatic heterocycles. The Morgan fingerprint density at radius 1 is 1.08 bits per heavy atom. The fourth-order valence-electron chi connectivity index (χ4n) is 2.32. The summed E-state index contributed by atoms with van der Waals surface area (Å²) >= 11 is 1.64. The summed E-state index contributed by atoms with van der Waals surface area (Å²) in [7, 11) is 0. The number of aromatic nitrogens is 4. The number of hydrogen-bond acceptors (Lipinski definition) is 6. The van der Waals surface area contributed by atoms with Crippen molar-refractivity contribution < 1.29 is 4.74 Å². The molecule has 0 saturated carbocycles. The third-order valence-corrected chi connectivity index (χ3v) is 4.44. The Morgan fingerprint density at radius 2 is 1.85 bits per heavy atom. The van der Waals surface area contributed by atoms with E-state index >= 15 is 0 Å². The summed E-state index contributed by atoms with van der Waals surface area (Å²) < 4.78 is 7.21. The van der Waals surface area contributed by atoms with E-state index in [1.807, 2.05) is 49.4 Å². The summed E-state index contributed by atoms with van der Waals surface area (Å²) in [4.78, 5) is 0. The summed E-state index contributed by atoms with van der Waals surface area (Å²) in [6.45, 7) is 4.38. The van der Waals surface area contributed by atoms with Crippen LogP contribution in [0.25, 0.3) is 5.69 Å². The predicted octanol–water partition coefficient (Wildman–Crippen LogP) is 3.36. The second-order valence-electron chi connectivity index (χ2n) is 5.31. The maximum atomic E-state index is 5.45. The van der Waals surface area contributed by atoms with Crippen LogP contribution in [0.15, 0.2) is 59.8 Å². The zero-order valence-corrected chi connectivity index (χ0v) is 16.2. The molecule has 6 nitrogen and oxygen atoms in total. The van der Waals surface area contributed by atoms with E-state index in [4.69, 9.17) is 4.74 Å². The summed E-state index contributed by atoms with van der Waals surface area (Å²) in [6.07, 6.45) is 0. The van der Waals surface area contributed by atoms with Crippen molar-refractivity contribution in [1.82, 2.24) is 25.5 Å². The number of thioether (sulfide) groups is 1. The second kappa shape index (κ2) is 10.8. The zero-order chi connectivity index (χ0) is 17.3. The lowest BCUT2D eigenvalue weighted by Gasteiger charge is -2.07. The fourth-order valence-corrected chi connectivity index (χ4v) is 3.11. The molecular weight excluding hydrogens is 370 g/mol. The first-order valence-electron chi connectivity index (χ1n) is 8.26. The molecule has 1 N–H and O–H groups in total. The minimum Gasteiger partial charge on any atom is -0.494 e. The molecule has 2 aromatic carbocycles. The first kappa shape index (κ1) is 20.2. The minimum atomic E-state index is 0. The minimum absolute atomic E-state index is 0. The number of para-hydroxylation sites is 1. The monoisotopic (exact) mass is 391 g/mol. The van der Waals surface area contributed by atoms with E-state index in [-0.39, 0.29) is 12.4 Å². The molecule has 0 bridgehead atoms. The number of benzene rings is 2. The lowest BCUT2D eigenvalue weighted by atomic mass is 10.2. The van der Waals surface area contributed by atoms with Crippen LogP contribution in [-0.4, -0.2) is 39.1 Å². The molecule has 0 aliphatic rings. The maximum absolute atomic E-state index is 5.45. The van der Waals surface area contributed by atoms with Gasteiger partial charge in [0, 0.05) is 18.8 Å². The van der Waals surface area contributed by atoms with Crippen LogP contribution in [0, 0.1) is 0 Å². The lowest BCUT2D eigenvalue weighted by molar-refractivity contribution is 0.340. The van der Waals surface area contributed by atoms with E-state index in [1.54, 1.807) is 16.4 Å². The molecule has 3 rings (SSSR count). The van der Waals surface area contributed by atoms with Crippen LogP contribution in [-0.2, 0) is 6.54 Å². The van der Waals surface area contributed by atoms with Crippen LogP contribution >= 0.6 is 24.2 Å². The van der Waals surface area contributed by atoms with Crippen LogP contribution in [0.1, 0.15) is 12.5 Å². The lowest BCUT2D eigenvalue weighted by Crippen LogP contribution is -2.16. The van der Waals surface area contributed by atoms with Crippen molar-refractivity contribution in [1.29, 1.82) is 0 Å². The first-order valence-corrected chi connectivity index (χ1v) is 9.24. The number of ether oxygens (including phenoxy) is 1. The predicted molar refractivity (Wildman–Crippen MR) is 106 cm³/mol. The van der Waals surface area contributed by atoms with Crippen LogP contribution in [0.3, 0.4) is 0 Å². The van der Waals surface area contributed by atoms with Gasteiger partial charge in [-0.3, -0.25) is 0 Å². The quantitative estimate of drug-likeness (QED) is 0.445. The van der Waals surface area contributed by atoms with E-state index in [0.717, 1.165) is 35.4 Å². The summed E-state index contributed by atoms with van der Waals surface area (Å²) in [5.41, 5.74) is 2.21. The number of halogens is 1. The molecule has 26 heavy (non-hydrogen) atoms. The van der Waals surface area contributed by atoms with Gasteiger partial charge in [-0.1, -0.05) is 42.1 Å². The van der Waals surface area contributed by atoms with Gasteiger partial charge in [-0.2, -0.15) is 4.68 Å². The molecule has 0 saturated heterocycles. The zero-order valence-electron chi connectivity index (χ0n) is 14.5. The molecule has 1 heterocycles. The van der Waals surface area contributed by atoms with Gasteiger partial charge in [0.05, 0.1) is 12.3 Å². The molecule has 0 radical (unpaired) electrons. The van der Waals surface area contributed by atoms with Gasteiger partial charge in [0.1, 0.15) is 5.75 Å². The molecule has 0 aliphatic carbocycles. The molecule has 0 spiro atoms. The highest BCUT2D eigenvalue weighted by Gasteiger charge is 2.07. The molecule has 138 valence electrons. The number of nitrogens with one attached hydrogen (secondary N) is 1. The fraction of sp³-hybridized carbons (Fsp3) is 0.278. The van der Waals surface area contributed by atoms with E-state index in [2.05, 4.69) is 33.0 Å². The van der Waals surface area contributed by atoms with E-state index < -0.39 is 0 Å². The van der Waals surface area contributed by atoms with Crippen molar-refractivity contribution in [3.63, 3.8) is 0 Å². The van der Waals surface area contributed by atoms with Gasteiger partial charge in [-0.25, -0.2) is 0 Å². The maximum Gasteiger partial charge on any atom is 0.214 e. The third kappa shape index (κ3) is 5.72. The van der Waals surface area contributed by atoms with Gasteiger partial charge >= 0.3 is 0 Å². The normalized spacial score (nSPS) is 10.3. The molecule has 0 aliphatic heterocycles. The molecular formula is C18H22ClN5OS. The third-order valence-electron chi connectivity index (χ3n) is 3.52. The van der Waals surface area contributed by atoms with Crippen LogP contribution in [0.2, 0.25) is 0 Å². The Balaban J connectivity index is 0.00000243. The summed E-state index contributed by atoms with van der Waals surface area (Å²) in [6, 6.07) is 18.1. The molecule has 0 amide bonds. The van der Waals surface area contributed by atoms with Crippen molar-refractivity contribution in [2.45, 2.75) is 18.6 Å². The van der Waals surface area contributed by atoms with E-state index in [1.165, 1.54) is 5.56 Å². The topological polar surface area (TPSA) is 64.9 Å². The van der Waals surface area contributed by atoms with Crippen molar-refractivity contribution in [2.24, 2.45) is 0 Å². The molecule has 3 aromatic rings. The van der Waals surface area contributed by atoms with Crippen molar-refractivity contribution in [2.75, 3.05) is 18.9 Å².